The van der Waals surface area contributed by atoms with Gasteiger partial charge in [-0.1, -0.05) is 11.6 Å². The summed E-state index contributed by atoms with van der Waals surface area (Å²) in [6, 6.07) is 4.12. The second-order valence-corrected chi connectivity index (χ2v) is 5.84. The molecular weight excluding hydrogens is 302 g/mol. The Bertz CT molecular complexity index is 544. The fourth-order valence-corrected chi connectivity index (χ4v) is 3.23. The molecule has 0 aliphatic carbocycles. The molecule has 1 amide bonds. The van der Waals surface area contributed by atoms with E-state index in [1.54, 1.807) is 4.90 Å². The third kappa shape index (κ3) is 2.96. The molecular formula is C14H15ClF2N2O2. The van der Waals surface area contributed by atoms with Crippen LogP contribution < -0.4 is 10.1 Å². The minimum absolute atomic E-state index is 0.0933. The van der Waals surface area contributed by atoms with E-state index in [9.17, 15) is 13.6 Å². The lowest BCUT2D eigenvalue weighted by molar-refractivity contribution is -0.0502. The zero-order chi connectivity index (χ0) is 15.0. The molecule has 0 saturated carbocycles. The lowest BCUT2D eigenvalue weighted by atomic mass is 10.0. The van der Waals surface area contributed by atoms with Crippen molar-refractivity contribution in [1.82, 2.24) is 10.2 Å². The molecule has 2 fully saturated rings. The van der Waals surface area contributed by atoms with Crippen LogP contribution in [0.5, 0.6) is 5.75 Å². The number of carbonyl (C=O) groups excluding carboxylic acids is 1. The molecule has 7 heteroatoms. The Balaban J connectivity index is 1.82. The summed E-state index contributed by atoms with van der Waals surface area (Å²) in [5, 5.41) is 3.61. The van der Waals surface area contributed by atoms with Crippen LogP contribution in [-0.4, -0.2) is 43.6 Å². The Hall–Kier alpha value is -1.40. The minimum Gasteiger partial charge on any atom is -0.434 e. The second kappa shape index (κ2) is 5.77. The van der Waals surface area contributed by atoms with Crippen LogP contribution in [0.4, 0.5) is 8.78 Å². The standard InChI is InChI=1S/C14H15ClF2N2O2/c15-10-1-2-12(21-14(16)17)11(3-10)13(20)19-6-8-4-18-5-9(8)7-19/h1-3,8-9,14,18H,4-7H2/t8-,9+. The maximum absolute atomic E-state index is 12.6. The summed E-state index contributed by atoms with van der Waals surface area (Å²) in [6.45, 7) is 0.0862. The predicted octanol–water partition coefficient (Wildman–Crippen LogP) is 2.23. The molecule has 0 aromatic heterocycles. The van der Waals surface area contributed by atoms with E-state index < -0.39 is 6.61 Å². The maximum Gasteiger partial charge on any atom is 0.387 e. The number of benzene rings is 1. The van der Waals surface area contributed by atoms with Crippen LogP contribution in [0.25, 0.3) is 0 Å². The summed E-state index contributed by atoms with van der Waals surface area (Å²) in [5.41, 5.74) is 0.0933. The number of alkyl halides is 2. The average Bonchev–Trinajstić information content (AvgIpc) is 3.00. The first kappa shape index (κ1) is 14.5. The molecule has 0 radical (unpaired) electrons. The number of ether oxygens (including phenoxy) is 1. The van der Waals surface area contributed by atoms with Crippen molar-refractivity contribution in [1.29, 1.82) is 0 Å². The molecule has 4 nitrogen and oxygen atoms in total. The van der Waals surface area contributed by atoms with Crippen LogP contribution >= 0.6 is 11.6 Å². The molecule has 0 unspecified atom stereocenters. The Labute approximate surface area is 126 Å². The Morgan fingerprint density at radius 2 is 2.00 bits per heavy atom. The number of carbonyl (C=O) groups is 1. The Morgan fingerprint density at radius 1 is 1.33 bits per heavy atom. The summed E-state index contributed by atoms with van der Waals surface area (Å²) >= 11 is 5.88. The van der Waals surface area contributed by atoms with Crippen molar-refractivity contribution in [2.24, 2.45) is 11.8 Å². The number of halogens is 3. The number of amides is 1. The van der Waals surface area contributed by atoms with Gasteiger partial charge in [-0.25, -0.2) is 0 Å². The molecule has 0 spiro atoms. The van der Waals surface area contributed by atoms with Crippen LogP contribution in [0.3, 0.4) is 0 Å². The molecule has 2 saturated heterocycles. The quantitative estimate of drug-likeness (QED) is 0.930. The van der Waals surface area contributed by atoms with Gasteiger partial charge in [-0.15, -0.1) is 0 Å². The van der Waals surface area contributed by atoms with Gasteiger partial charge in [0.05, 0.1) is 5.56 Å². The van der Waals surface area contributed by atoms with Crippen molar-refractivity contribution >= 4 is 17.5 Å². The van der Waals surface area contributed by atoms with Crippen molar-refractivity contribution in [2.75, 3.05) is 26.2 Å². The van der Waals surface area contributed by atoms with E-state index in [1.807, 2.05) is 0 Å². The van der Waals surface area contributed by atoms with Crippen molar-refractivity contribution in [3.63, 3.8) is 0 Å². The van der Waals surface area contributed by atoms with E-state index in [1.165, 1.54) is 18.2 Å². The summed E-state index contributed by atoms with van der Waals surface area (Å²) in [4.78, 5) is 14.2. The monoisotopic (exact) mass is 316 g/mol. The highest BCUT2D eigenvalue weighted by atomic mass is 35.5. The zero-order valence-corrected chi connectivity index (χ0v) is 11.9. The van der Waals surface area contributed by atoms with Gasteiger partial charge in [-0.2, -0.15) is 8.78 Å². The Kier molecular flexibility index (Phi) is 3.99. The lowest BCUT2D eigenvalue weighted by Crippen LogP contribution is -2.32. The van der Waals surface area contributed by atoms with Crippen LogP contribution in [0.2, 0.25) is 5.02 Å². The van der Waals surface area contributed by atoms with Crippen molar-refractivity contribution < 1.29 is 18.3 Å². The number of nitrogens with one attached hydrogen (secondary N) is 1. The fourth-order valence-electron chi connectivity index (χ4n) is 3.06. The first-order valence-electron chi connectivity index (χ1n) is 6.79. The highest BCUT2D eigenvalue weighted by molar-refractivity contribution is 6.31. The summed E-state index contributed by atoms with van der Waals surface area (Å²) in [5.74, 6) is 0.442. The molecule has 21 heavy (non-hydrogen) atoms. The third-order valence-electron chi connectivity index (χ3n) is 4.06. The van der Waals surface area contributed by atoms with Crippen LogP contribution in [0.1, 0.15) is 10.4 Å². The number of hydrogen-bond acceptors (Lipinski definition) is 3. The first-order chi connectivity index (χ1) is 10.0. The summed E-state index contributed by atoms with van der Waals surface area (Å²) < 4.78 is 29.3. The molecule has 1 N–H and O–H groups in total. The van der Waals surface area contributed by atoms with E-state index in [2.05, 4.69) is 10.1 Å². The predicted molar refractivity (Wildman–Crippen MR) is 73.8 cm³/mol. The second-order valence-electron chi connectivity index (χ2n) is 5.41. The topological polar surface area (TPSA) is 41.6 Å². The smallest absolute Gasteiger partial charge is 0.387 e. The molecule has 2 heterocycles. The summed E-state index contributed by atoms with van der Waals surface area (Å²) in [7, 11) is 0. The van der Waals surface area contributed by atoms with Crippen molar-refractivity contribution in [3.8, 4) is 5.75 Å². The van der Waals surface area contributed by atoms with Crippen molar-refractivity contribution in [3.05, 3.63) is 28.8 Å². The van der Waals surface area contributed by atoms with Crippen molar-refractivity contribution in [2.45, 2.75) is 6.61 Å². The van der Waals surface area contributed by atoms with Gasteiger partial charge in [0.1, 0.15) is 5.75 Å². The lowest BCUT2D eigenvalue weighted by Gasteiger charge is -2.19. The highest BCUT2D eigenvalue weighted by Crippen LogP contribution is 2.31. The van der Waals surface area contributed by atoms with E-state index in [4.69, 9.17) is 11.6 Å². The first-order valence-corrected chi connectivity index (χ1v) is 7.16. The van der Waals surface area contributed by atoms with E-state index >= 15 is 0 Å². The SMILES string of the molecule is O=C(c1cc(Cl)ccc1OC(F)F)N1C[C@H]2CNC[C@H]2C1. The molecule has 2 aliphatic rings. The number of likely N-dealkylation sites (tertiary alicyclic amines) is 1. The largest absolute Gasteiger partial charge is 0.434 e. The average molecular weight is 317 g/mol. The van der Waals surface area contributed by atoms with Crippen LogP contribution in [0.15, 0.2) is 18.2 Å². The molecule has 114 valence electrons. The molecule has 2 aliphatic heterocycles. The van der Waals surface area contributed by atoms with Gasteiger partial charge in [0.15, 0.2) is 0 Å². The molecule has 3 rings (SSSR count). The highest BCUT2D eigenvalue weighted by Gasteiger charge is 2.38. The Morgan fingerprint density at radius 3 is 2.62 bits per heavy atom. The van der Waals surface area contributed by atoms with E-state index in [-0.39, 0.29) is 17.2 Å². The van der Waals surface area contributed by atoms with Gasteiger partial charge >= 0.3 is 6.61 Å². The number of fused-ring (bicyclic) bond motifs is 1. The molecule has 1 aromatic carbocycles. The van der Waals surface area contributed by atoms with E-state index in [0.29, 0.717) is 29.9 Å². The normalized spacial score (nSPS) is 24.5. The van der Waals surface area contributed by atoms with E-state index in [0.717, 1.165) is 13.1 Å². The van der Waals surface area contributed by atoms with Crippen LogP contribution in [0, 0.1) is 11.8 Å². The molecule has 2 atom stereocenters. The fraction of sp³-hybridized carbons (Fsp3) is 0.500. The maximum atomic E-state index is 12.6. The summed E-state index contributed by atoms with van der Waals surface area (Å²) in [6.07, 6.45) is 0. The molecule has 1 aromatic rings. The van der Waals surface area contributed by atoms with Gasteiger partial charge in [0, 0.05) is 31.2 Å². The van der Waals surface area contributed by atoms with Gasteiger partial charge < -0.3 is 15.0 Å². The van der Waals surface area contributed by atoms with Gasteiger partial charge in [-0.3, -0.25) is 4.79 Å². The zero-order valence-electron chi connectivity index (χ0n) is 11.2. The number of nitrogens with zero attached hydrogens (tertiary/aromatic N) is 1. The van der Waals surface area contributed by atoms with Gasteiger partial charge in [0.25, 0.3) is 5.91 Å². The van der Waals surface area contributed by atoms with Gasteiger partial charge in [-0.05, 0) is 30.0 Å². The van der Waals surface area contributed by atoms with Gasteiger partial charge in [0.2, 0.25) is 0 Å². The third-order valence-corrected chi connectivity index (χ3v) is 4.30. The van der Waals surface area contributed by atoms with Crippen LogP contribution in [-0.2, 0) is 0 Å². The minimum atomic E-state index is -2.97. The number of rotatable bonds is 3. The molecule has 0 bridgehead atoms. The number of hydrogen-bond donors (Lipinski definition) is 1.